The molecule has 2 N–H and O–H groups in total. The Bertz CT molecular complexity index is 471. The number of carbonyl (C=O) groups is 1. The summed E-state index contributed by atoms with van der Waals surface area (Å²) in [6.45, 7) is 5.97. The number of aromatic hydroxyl groups is 1. The number of phenols is 1. The van der Waals surface area contributed by atoms with Crippen molar-refractivity contribution in [2.45, 2.75) is 19.8 Å². The molecular weight excluding hydrogens is 259 g/mol. The van der Waals surface area contributed by atoms with E-state index < -0.39 is 5.82 Å². The standard InChI is InChI=1S/C15H21FN2O2/c1-2-18-7-5-11(6-8-18)10-17-15(20)13-4-3-12(16)9-14(13)19/h3-4,9,11,19H,2,5-8,10H2,1H3,(H,17,20). The molecule has 0 aromatic heterocycles. The average molecular weight is 280 g/mol. The van der Waals surface area contributed by atoms with Crippen LogP contribution in [0, 0.1) is 11.7 Å². The normalized spacial score (nSPS) is 17.1. The summed E-state index contributed by atoms with van der Waals surface area (Å²) < 4.78 is 12.9. The molecule has 1 aromatic carbocycles. The van der Waals surface area contributed by atoms with Crippen LogP contribution in [0.25, 0.3) is 0 Å². The van der Waals surface area contributed by atoms with Crippen LogP contribution in [0.15, 0.2) is 18.2 Å². The predicted molar refractivity (Wildman–Crippen MR) is 75.2 cm³/mol. The van der Waals surface area contributed by atoms with Crippen molar-refractivity contribution in [3.05, 3.63) is 29.6 Å². The van der Waals surface area contributed by atoms with Gasteiger partial charge in [-0.15, -0.1) is 0 Å². The fourth-order valence-electron chi connectivity index (χ4n) is 2.54. The summed E-state index contributed by atoms with van der Waals surface area (Å²) in [4.78, 5) is 14.3. The molecule has 1 aliphatic rings. The molecule has 0 unspecified atom stereocenters. The zero-order valence-corrected chi connectivity index (χ0v) is 11.7. The van der Waals surface area contributed by atoms with Crippen LogP contribution in [0.1, 0.15) is 30.1 Å². The summed E-state index contributed by atoms with van der Waals surface area (Å²) in [6, 6.07) is 3.43. The highest BCUT2D eigenvalue weighted by molar-refractivity contribution is 5.96. The molecule has 4 nitrogen and oxygen atoms in total. The fourth-order valence-corrected chi connectivity index (χ4v) is 2.54. The lowest BCUT2D eigenvalue weighted by Crippen LogP contribution is -2.38. The lowest BCUT2D eigenvalue weighted by atomic mass is 9.96. The van der Waals surface area contributed by atoms with Crippen molar-refractivity contribution < 1.29 is 14.3 Å². The number of piperidine rings is 1. The van der Waals surface area contributed by atoms with E-state index in [1.165, 1.54) is 12.1 Å². The second-order valence-electron chi connectivity index (χ2n) is 5.25. The molecule has 1 amide bonds. The lowest BCUT2D eigenvalue weighted by Gasteiger charge is -2.31. The van der Waals surface area contributed by atoms with Gasteiger partial charge in [0.25, 0.3) is 5.91 Å². The Hall–Kier alpha value is -1.62. The zero-order chi connectivity index (χ0) is 14.5. The molecule has 1 aromatic rings. The van der Waals surface area contributed by atoms with Gasteiger partial charge in [0, 0.05) is 12.6 Å². The first-order chi connectivity index (χ1) is 9.60. The maximum absolute atomic E-state index is 12.9. The molecule has 0 bridgehead atoms. The maximum atomic E-state index is 12.9. The number of phenolic OH excluding ortho intramolecular Hbond substituents is 1. The number of carbonyl (C=O) groups excluding carboxylic acids is 1. The zero-order valence-electron chi connectivity index (χ0n) is 11.7. The molecule has 1 fully saturated rings. The summed E-state index contributed by atoms with van der Waals surface area (Å²) in [5, 5.41) is 12.4. The van der Waals surface area contributed by atoms with Gasteiger partial charge in [-0.25, -0.2) is 4.39 Å². The van der Waals surface area contributed by atoms with E-state index in [0.717, 1.165) is 38.5 Å². The number of amides is 1. The van der Waals surface area contributed by atoms with Crippen molar-refractivity contribution in [2.24, 2.45) is 5.92 Å². The van der Waals surface area contributed by atoms with Gasteiger partial charge in [0.15, 0.2) is 0 Å². The number of nitrogens with zero attached hydrogens (tertiary/aromatic N) is 1. The molecule has 110 valence electrons. The van der Waals surface area contributed by atoms with E-state index in [1.54, 1.807) is 0 Å². The topological polar surface area (TPSA) is 52.6 Å². The first kappa shape index (κ1) is 14.8. The molecule has 0 radical (unpaired) electrons. The third-order valence-corrected chi connectivity index (χ3v) is 3.91. The monoisotopic (exact) mass is 280 g/mol. The maximum Gasteiger partial charge on any atom is 0.255 e. The van der Waals surface area contributed by atoms with Gasteiger partial charge in [-0.2, -0.15) is 0 Å². The van der Waals surface area contributed by atoms with Crippen LogP contribution >= 0.6 is 0 Å². The first-order valence-electron chi connectivity index (χ1n) is 7.09. The van der Waals surface area contributed by atoms with E-state index in [0.29, 0.717) is 12.5 Å². The van der Waals surface area contributed by atoms with Crippen LogP contribution in [0.5, 0.6) is 5.75 Å². The quantitative estimate of drug-likeness (QED) is 0.887. The fraction of sp³-hybridized carbons (Fsp3) is 0.533. The molecule has 5 heteroatoms. The van der Waals surface area contributed by atoms with Crippen molar-refractivity contribution in [3.8, 4) is 5.75 Å². The number of halogens is 1. The molecule has 0 aliphatic carbocycles. The van der Waals surface area contributed by atoms with Gasteiger partial charge < -0.3 is 15.3 Å². The van der Waals surface area contributed by atoms with Gasteiger partial charge in [0.05, 0.1) is 5.56 Å². The molecule has 1 heterocycles. The van der Waals surface area contributed by atoms with Crippen molar-refractivity contribution in [2.75, 3.05) is 26.2 Å². The minimum atomic E-state index is -0.550. The second kappa shape index (κ2) is 6.70. The summed E-state index contributed by atoms with van der Waals surface area (Å²) in [5.41, 5.74) is 0.123. The first-order valence-corrected chi connectivity index (χ1v) is 7.09. The van der Waals surface area contributed by atoms with E-state index in [9.17, 15) is 14.3 Å². The van der Waals surface area contributed by atoms with Crippen LogP contribution in [0.3, 0.4) is 0 Å². The number of hydrogen-bond acceptors (Lipinski definition) is 3. The molecule has 0 saturated carbocycles. The third-order valence-electron chi connectivity index (χ3n) is 3.91. The van der Waals surface area contributed by atoms with Crippen LogP contribution < -0.4 is 5.32 Å². The van der Waals surface area contributed by atoms with E-state index in [2.05, 4.69) is 17.1 Å². The highest BCUT2D eigenvalue weighted by Gasteiger charge is 2.19. The molecule has 0 atom stereocenters. The van der Waals surface area contributed by atoms with E-state index in [-0.39, 0.29) is 17.2 Å². The Balaban J connectivity index is 1.83. The number of nitrogens with one attached hydrogen (secondary N) is 1. The minimum absolute atomic E-state index is 0.123. The lowest BCUT2D eigenvalue weighted by molar-refractivity contribution is 0.0934. The third kappa shape index (κ3) is 3.70. The molecule has 1 saturated heterocycles. The minimum Gasteiger partial charge on any atom is -0.507 e. The number of hydrogen-bond donors (Lipinski definition) is 2. The Morgan fingerprint density at radius 3 is 2.75 bits per heavy atom. The molecule has 2 rings (SSSR count). The average Bonchev–Trinajstić information content (AvgIpc) is 2.45. The van der Waals surface area contributed by atoms with Gasteiger partial charge in [0.1, 0.15) is 11.6 Å². The summed E-state index contributed by atoms with van der Waals surface area (Å²) in [5.74, 6) is -0.737. The summed E-state index contributed by atoms with van der Waals surface area (Å²) >= 11 is 0. The van der Waals surface area contributed by atoms with Gasteiger partial charge in [-0.3, -0.25) is 4.79 Å². The van der Waals surface area contributed by atoms with E-state index in [1.807, 2.05) is 0 Å². The number of likely N-dealkylation sites (tertiary alicyclic amines) is 1. The number of rotatable bonds is 4. The number of benzene rings is 1. The summed E-state index contributed by atoms with van der Waals surface area (Å²) in [6.07, 6.45) is 2.15. The van der Waals surface area contributed by atoms with Crippen molar-refractivity contribution in [1.29, 1.82) is 0 Å². The highest BCUT2D eigenvalue weighted by atomic mass is 19.1. The van der Waals surface area contributed by atoms with Gasteiger partial charge in [0.2, 0.25) is 0 Å². The Morgan fingerprint density at radius 2 is 2.15 bits per heavy atom. The largest absolute Gasteiger partial charge is 0.507 e. The Morgan fingerprint density at radius 1 is 1.45 bits per heavy atom. The van der Waals surface area contributed by atoms with E-state index in [4.69, 9.17) is 0 Å². The van der Waals surface area contributed by atoms with Crippen molar-refractivity contribution >= 4 is 5.91 Å². The summed E-state index contributed by atoms with van der Waals surface area (Å²) in [7, 11) is 0. The molecule has 0 spiro atoms. The van der Waals surface area contributed by atoms with Gasteiger partial charge in [-0.05, 0) is 50.5 Å². The molecular formula is C15H21FN2O2. The van der Waals surface area contributed by atoms with Crippen LogP contribution in [0.4, 0.5) is 4.39 Å². The SMILES string of the molecule is CCN1CCC(CNC(=O)c2ccc(F)cc2O)CC1. The smallest absolute Gasteiger partial charge is 0.255 e. The van der Waals surface area contributed by atoms with Gasteiger partial charge in [-0.1, -0.05) is 6.92 Å². The highest BCUT2D eigenvalue weighted by Crippen LogP contribution is 2.19. The van der Waals surface area contributed by atoms with Crippen molar-refractivity contribution in [1.82, 2.24) is 10.2 Å². The van der Waals surface area contributed by atoms with Crippen LogP contribution in [-0.2, 0) is 0 Å². The van der Waals surface area contributed by atoms with Crippen molar-refractivity contribution in [3.63, 3.8) is 0 Å². The molecule has 20 heavy (non-hydrogen) atoms. The van der Waals surface area contributed by atoms with Crippen LogP contribution in [0.2, 0.25) is 0 Å². The van der Waals surface area contributed by atoms with E-state index >= 15 is 0 Å². The Kier molecular flexibility index (Phi) is 4.95. The van der Waals surface area contributed by atoms with Gasteiger partial charge >= 0.3 is 0 Å². The Labute approximate surface area is 118 Å². The van der Waals surface area contributed by atoms with Crippen LogP contribution in [-0.4, -0.2) is 42.1 Å². The molecule has 1 aliphatic heterocycles. The second-order valence-corrected chi connectivity index (χ2v) is 5.25. The predicted octanol–water partition coefficient (Wildman–Crippen LogP) is 1.99.